The molecule has 3 aromatic rings. The lowest BCUT2D eigenvalue weighted by Gasteiger charge is -2.09. The van der Waals surface area contributed by atoms with Crippen molar-refractivity contribution in [2.75, 3.05) is 0 Å². The van der Waals surface area contributed by atoms with Gasteiger partial charge in [-0.2, -0.15) is 0 Å². The van der Waals surface area contributed by atoms with Gasteiger partial charge < -0.3 is 0 Å². The molecule has 0 aliphatic carbocycles. The molecule has 25 heavy (non-hydrogen) atoms. The van der Waals surface area contributed by atoms with Crippen molar-refractivity contribution in [3.63, 3.8) is 0 Å². The van der Waals surface area contributed by atoms with Crippen LogP contribution in [-0.4, -0.2) is 5.04 Å². The van der Waals surface area contributed by atoms with Crippen LogP contribution in [0.25, 0.3) is 6.08 Å². The summed E-state index contributed by atoms with van der Waals surface area (Å²) in [6.07, 6.45) is 2.23. The van der Waals surface area contributed by atoms with E-state index < -0.39 is 0 Å². The largest absolute Gasteiger partial charge is 0.264 e. The molecular formula is C22H16ClNS. The Bertz CT molecular complexity index is 915. The van der Waals surface area contributed by atoms with Crippen LogP contribution in [0.4, 0.5) is 0 Å². The van der Waals surface area contributed by atoms with Crippen LogP contribution in [-0.2, 0) is 0 Å². The fourth-order valence-electron chi connectivity index (χ4n) is 2.80. The molecule has 0 aromatic heterocycles. The predicted molar refractivity (Wildman–Crippen MR) is 109 cm³/mol. The Labute approximate surface area is 157 Å². The van der Waals surface area contributed by atoms with Gasteiger partial charge in [0.25, 0.3) is 0 Å². The van der Waals surface area contributed by atoms with E-state index in [1.54, 1.807) is 11.8 Å². The predicted octanol–water partition coefficient (Wildman–Crippen LogP) is 6.62. The average molecular weight is 362 g/mol. The fourth-order valence-corrected chi connectivity index (χ4v) is 4.05. The monoisotopic (exact) mass is 361 g/mol. The Kier molecular flexibility index (Phi) is 4.73. The van der Waals surface area contributed by atoms with E-state index in [2.05, 4.69) is 54.6 Å². The molecule has 1 aliphatic rings. The van der Waals surface area contributed by atoms with Crippen LogP contribution in [0, 0.1) is 0 Å². The lowest BCUT2D eigenvalue weighted by molar-refractivity contribution is 0.917. The highest BCUT2D eigenvalue weighted by molar-refractivity contribution is 8.18. The maximum Gasteiger partial charge on any atom is 0.108 e. The van der Waals surface area contributed by atoms with Crippen molar-refractivity contribution in [3.8, 4) is 0 Å². The summed E-state index contributed by atoms with van der Waals surface area (Å²) in [5.41, 5.74) is 3.51. The molecule has 122 valence electrons. The van der Waals surface area contributed by atoms with Crippen molar-refractivity contribution >= 4 is 34.5 Å². The molecule has 1 nitrogen and oxygen atoms in total. The van der Waals surface area contributed by atoms with Gasteiger partial charge in [0.15, 0.2) is 0 Å². The number of hydrogen-bond acceptors (Lipinski definition) is 2. The zero-order valence-corrected chi connectivity index (χ0v) is 15.0. The van der Waals surface area contributed by atoms with E-state index in [-0.39, 0.29) is 6.04 Å². The molecular weight excluding hydrogens is 346 g/mol. The number of benzene rings is 3. The summed E-state index contributed by atoms with van der Waals surface area (Å²) in [5, 5.41) is 1.78. The first-order valence-electron chi connectivity index (χ1n) is 8.13. The van der Waals surface area contributed by atoms with Crippen LogP contribution in [0.5, 0.6) is 0 Å². The summed E-state index contributed by atoms with van der Waals surface area (Å²) in [4.78, 5) is 6.24. The van der Waals surface area contributed by atoms with E-state index in [9.17, 15) is 0 Å². The third-order valence-corrected chi connectivity index (χ3v) is 5.41. The van der Waals surface area contributed by atoms with Gasteiger partial charge in [0, 0.05) is 15.5 Å². The summed E-state index contributed by atoms with van der Waals surface area (Å²) in [7, 11) is 0. The van der Waals surface area contributed by atoms with E-state index >= 15 is 0 Å². The summed E-state index contributed by atoms with van der Waals surface area (Å²) in [6, 6.07) is 28.8. The highest BCUT2D eigenvalue weighted by Gasteiger charge is 2.26. The Morgan fingerprint density at radius 3 is 2.12 bits per heavy atom. The Morgan fingerprint density at radius 2 is 1.44 bits per heavy atom. The molecule has 0 saturated heterocycles. The molecule has 0 saturated carbocycles. The van der Waals surface area contributed by atoms with Crippen LogP contribution in [0.15, 0.2) is 94.8 Å². The molecule has 0 N–H and O–H groups in total. The van der Waals surface area contributed by atoms with Gasteiger partial charge in [-0.1, -0.05) is 96.2 Å². The molecule has 0 unspecified atom stereocenters. The van der Waals surface area contributed by atoms with E-state index in [1.165, 1.54) is 16.0 Å². The van der Waals surface area contributed by atoms with Crippen LogP contribution >= 0.6 is 23.4 Å². The summed E-state index contributed by atoms with van der Waals surface area (Å²) >= 11 is 7.76. The smallest absolute Gasteiger partial charge is 0.108 e. The van der Waals surface area contributed by atoms with Crippen molar-refractivity contribution in [1.29, 1.82) is 0 Å². The maximum absolute atomic E-state index is 6.02. The van der Waals surface area contributed by atoms with Crippen LogP contribution < -0.4 is 0 Å². The van der Waals surface area contributed by atoms with Gasteiger partial charge >= 0.3 is 0 Å². The van der Waals surface area contributed by atoms with Gasteiger partial charge in [0.1, 0.15) is 11.1 Å². The van der Waals surface area contributed by atoms with Crippen molar-refractivity contribution in [3.05, 3.63) is 112 Å². The first-order chi connectivity index (χ1) is 12.3. The maximum atomic E-state index is 6.02. The Hall–Kier alpha value is -2.29. The topological polar surface area (TPSA) is 12.4 Å². The van der Waals surface area contributed by atoms with Gasteiger partial charge in [-0.05, 0) is 29.3 Å². The van der Waals surface area contributed by atoms with Gasteiger partial charge in [-0.15, -0.1) is 0 Å². The third-order valence-electron chi connectivity index (χ3n) is 4.05. The Balaban J connectivity index is 1.74. The van der Waals surface area contributed by atoms with Gasteiger partial charge in [-0.3, -0.25) is 4.99 Å². The second kappa shape index (κ2) is 7.30. The van der Waals surface area contributed by atoms with Crippen LogP contribution in [0.2, 0.25) is 5.02 Å². The third kappa shape index (κ3) is 3.71. The second-order valence-electron chi connectivity index (χ2n) is 5.81. The number of nitrogens with zero attached hydrogens (tertiary/aromatic N) is 1. The SMILES string of the molecule is Clc1ccc(C2=N[C@@H](c3ccccc3)/C(=C/c3ccccc3)S2)cc1. The number of rotatable bonds is 3. The van der Waals surface area contributed by atoms with Gasteiger partial charge in [0.05, 0.1) is 0 Å². The first kappa shape index (κ1) is 16.2. The molecule has 0 fully saturated rings. The number of aliphatic imine (C=N–C) groups is 1. The summed E-state index contributed by atoms with van der Waals surface area (Å²) < 4.78 is 0. The van der Waals surface area contributed by atoms with E-state index in [4.69, 9.17) is 16.6 Å². The molecule has 3 aromatic carbocycles. The molecule has 1 atom stereocenters. The minimum atomic E-state index is 0.0390. The number of thioether (sulfide) groups is 1. The standard InChI is InChI=1S/C22H16ClNS/c23-19-13-11-18(12-14-19)22-24-21(17-9-5-2-6-10-17)20(25-22)15-16-7-3-1-4-8-16/h1-15,21H/b20-15-/t21-/m0/s1. The van der Waals surface area contributed by atoms with Crippen LogP contribution in [0.3, 0.4) is 0 Å². The normalized spacial score (nSPS) is 18.4. The number of hydrogen-bond donors (Lipinski definition) is 0. The summed E-state index contributed by atoms with van der Waals surface area (Å²) in [6.45, 7) is 0. The minimum absolute atomic E-state index is 0.0390. The molecule has 0 radical (unpaired) electrons. The minimum Gasteiger partial charge on any atom is -0.264 e. The number of halogens is 1. The molecule has 1 aliphatic heterocycles. The lowest BCUT2D eigenvalue weighted by Crippen LogP contribution is -1.93. The Morgan fingerprint density at radius 1 is 0.800 bits per heavy atom. The lowest BCUT2D eigenvalue weighted by atomic mass is 10.1. The van der Waals surface area contributed by atoms with Gasteiger partial charge in [-0.25, -0.2) is 0 Å². The second-order valence-corrected chi connectivity index (χ2v) is 7.31. The zero-order chi connectivity index (χ0) is 17.1. The van der Waals surface area contributed by atoms with Crippen LogP contribution in [0.1, 0.15) is 22.7 Å². The molecule has 0 spiro atoms. The van der Waals surface area contributed by atoms with E-state index in [0.29, 0.717) is 0 Å². The molecule has 3 heteroatoms. The highest BCUT2D eigenvalue weighted by Crippen LogP contribution is 2.44. The van der Waals surface area contributed by atoms with Gasteiger partial charge in [0.2, 0.25) is 0 Å². The molecule has 0 bridgehead atoms. The summed E-state index contributed by atoms with van der Waals surface area (Å²) in [5.74, 6) is 0. The zero-order valence-electron chi connectivity index (χ0n) is 13.5. The van der Waals surface area contributed by atoms with Crippen molar-refractivity contribution in [1.82, 2.24) is 0 Å². The fraction of sp³-hybridized carbons (Fsp3) is 0.0455. The first-order valence-corrected chi connectivity index (χ1v) is 9.32. The molecule has 0 amide bonds. The van der Waals surface area contributed by atoms with Crippen molar-refractivity contribution < 1.29 is 0 Å². The molecule has 4 rings (SSSR count). The van der Waals surface area contributed by atoms with E-state index in [1.807, 2.05) is 36.4 Å². The van der Waals surface area contributed by atoms with Crippen molar-refractivity contribution in [2.24, 2.45) is 4.99 Å². The molecule has 1 heterocycles. The average Bonchev–Trinajstić information content (AvgIpc) is 3.08. The highest BCUT2D eigenvalue weighted by atomic mass is 35.5. The quantitative estimate of drug-likeness (QED) is 0.510. The van der Waals surface area contributed by atoms with E-state index in [0.717, 1.165) is 15.6 Å². The van der Waals surface area contributed by atoms with Crippen molar-refractivity contribution in [2.45, 2.75) is 6.04 Å².